The van der Waals surface area contributed by atoms with Gasteiger partial charge < -0.3 is 10.6 Å². The molecule has 1 aromatic carbocycles. The van der Waals surface area contributed by atoms with Gasteiger partial charge in [-0.05, 0) is 49.0 Å². The number of thioether (sulfide) groups is 1. The van der Waals surface area contributed by atoms with Gasteiger partial charge in [0, 0.05) is 6.54 Å². The van der Waals surface area contributed by atoms with Crippen molar-refractivity contribution in [3.8, 4) is 0 Å². The molecule has 0 bridgehead atoms. The van der Waals surface area contributed by atoms with Crippen LogP contribution in [0.3, 0.4) is 0 Å². The van der Waals surface area contributed by atoms with Gasteiger partial charge in [-0.1, -0.05) is 35.3 Å². The summed E-state index contributed by atoms with van der Waals surface area (Å²) in [4.78, 5) is 0. The molecular weight excluding hydrogens is 299 g/mol. The summed E-state index contributed by atoms with van der Waals surface area (Å²) in [5.41, 5.74) is 1.16. The third-order valence-corrected chi connectivity index (χ3v) is 4.68. The SMILES string of the molecule is Clc1ccc(CNCCCNC2CC=CS2)cc1Cl. The second-order valence-corrected chi connectivity index (χ2v) is 6.39. The third-order valence-electron chi connectivity index (χ3n) is 2.90. The Morgan fingerprint density at radius 3 is 2.84 bits per heavy atom. The molecule has 0 aromatic heterocycles. The van der Waals surface area contributed by atoms with Crippen molar-refractivity contribution in [1.82, 2.24) is 10.6 Å². The minimum Gasteiger partial charge on any atom is -0.313 e. The molecule has 2 N–H and O–H groups in total. The Morgan fingerprint density at radius 1 is 1.21 bits per heavy atom. The Hall–Kier alpha value is -0.190. The molecule has 0 amide bonds. The van der Waals surface area contributed by atoms with E-state index in [9.17, 15) is 0 Å². The van der Waals surface area contributed by atoms with Crippen LogP contribution in [0.2, 0.25) is 10.0 Å². The van der Waals surface area contributed by atoms with Gasteiger partial charge in [-0.25, -0.2) is 0 Å². The van der Waals surface area contributed by atoms with E-state index in [2.05, 4.69) is 22.1 Å². The van der Waals surface area contributed by atoms with E-state index in [1.165, 1.54) is 0 Å². The fraction of sp³-hybridized carbons (Fsp3) is 0.429. The first-order valence-electron chi connectivity index (χ1n) is 6.44. The van der Waals surface area contributed by atoms with Gasteiger partial charge in [0.15, 0.2) is 0 Å². The molecule has 0 fully saturated rings. The average Bonchev–Trinajstić information content (AvgIpc) is 2.91. The molecule has 1 heterocycles. The summed E-state index contributed by atoms with van der Waals surface area (Å²) in [6.07, 6.45) is 4.48. The molecule has 1 unspecified atom stereocenters. The first kappa shape index (κ1) is 15.2. The highest BCUT2D eigenvalue weighted by atomic mass is 35.5. The van der Waals surface area contributed by atoms with Crippen molar-refractivity contribution >= 4 is 35.0 Å². The molecule has 5 heteroatoms. The van der Waals surface area contributed by atoms with E-state index in [1.54, 1.807) is 0 Å². The summed E-state index contributed by atoms with van der Waals surface area (Å²) in [6, 6.07) is 5.75. The van der Waals surface area contributed by atoms with Gasteiger partial charge in [-0.3, -0.25) is 0 Å². The van der Waals surface area contributed by atoms with Crippen LogP contribution in [0.5, 0.6) is 0 Å². The molecule has 1 atom stereocenters. The Kier molecular flexibility index (Phi) is 6.54. The topological polar surface area (TPSA) is 24.1 Å². The van der Waals surface area contributed by atoms with Crippen molar-refractivity contribution in [3.63, 3.8) is 0 Å². The summed E-state index contributed by atoms with van der Waals surface area (Å²) in [7, 11) is 0. The van der Waals surface area contributed by atoms with E-state index in [1.807, 2.05) is 30.0 Å². The number of hydrogen-bond donors (Lipinski definition) is 2. The highest BCUT2D eigenvalue weighted by Crippen LogP contribution is 2.22. The monoisotopic (exact) mass is 316 g/mol. The number of benzene rings is 1. The Bertz CT molecular complexity index is 429. The van der Waals surface area contributed by atoms with Crippen LogP contribution in [0.4, 0.5) is 0 Å². The molecule has 1 aromatic rings. The minimum absolute atomic E-state index is 0.579. The summed E-state index contributed by atoms with van der Waals surface area (Å²) >= 11 is 13.7. The third kappa shape index (κ3) is 5.36. The molecule has 2 nitrogen and oxygen atoms in total. The van der Waals surface area contributed by atoms with Gasteiger partial charge in [0.2, 0.25) is 0 Å². The van der Waals surface area contributed by atoms with Gasteiger partial charge in [0.05, 0.1) is 15.4 Å². The summed E-state index contributed by atoms with van der Waals surface area (Å²) < 4.78 is 0. The normalized spacial score (nSPS) is 18.1. The Morgan fingerprint density at radius 2 is 2.11 bits per heavy atom. The summed E-state index contributed by atoms with van der Waals surface area (Å²) in [5, 5.41) is 10.9. The quantitative estimate of drug-likeness (QED) is 0.742. The van der Waals surface area contributed by atoms with Crippen LogP contribution in [-0.2, 0) is 6.54 Å². The average molecular weight is 317 g/mol. The van der Waals surface area contributed by atoms with Gasteiger partial charge in [-0.15, -0.1) is 11.8 Å². The van der Waals surface area contributed by atoms with Crippen LogP contribution in [0, 0.1) is 0 Å². The molecule has 1 aliphatic rings. The zero-order valence-corrected chi connectivity index (χ0v) is 13.0. The maximum absolute atomic E-state index is 5.97. The lowest BCUT2D eigenvalue weighted by Gasteiger charge is -2.11. The summed E-state index contributed by atoms with van der Waals surface area (Å²) in [5.74, 6) is 0. The lowest BCUT2D eigenvalue weighted by Crippen LogP contribution is -2.27. The van der Waals surface area contributed by atoms with E-state index in [0.717, 1.165) is 38.0 Å². The molecule has 0 radical (unpaired) electrons. The van der Waals surface area contributed by atoms with Gasteiger partial charge in [-0.2, -0.15) is 0 Å². The van der Waals surface area contributed by atoms with Crippen LogP contribution in [-0.4, -0.2) is 18.5 Å². The Balaban J connectivity index is 1.55. The number of nitrogens with one attached hydrogen (secondary N) is 2. The van der Waals surface area contributed by atoms with Crippen molar-refractivity contribution < 1.29 is 0 Å². The van der Waals surface area contributed by atoms with E-state index >= 15 is 0 Å². The molecule has 104 valence electrons. The van der Waals surface area contributed by atoms with E-state index in [0.29, 0.717) is 15.4 Å². The van der Waals surface area contributed by atoms with Crippen molar-refractivity contribution in [2.45, 2.75) is 24.8 Å². The minimum atomic E-state index is 0.579. The molecule has 0 aliphatic carbocycles. The van der Waals surface area contributed by atoms with E-state index in [-0.39, 0.29) is 0 Å². The first-order valence-corrected chi connectivity index (χ1v) is 8.14. The number of hydrogen-bond acceptors (Lipinski definition) is 3. The van der Waals surface area contributed by atoms with Gasteiger partial charge in [0.25, 0.3) is 0 Å². The predicted molar refractivity (Wildman–Crippen MR) is 85.9 cm³/mol. The zero-order chi connectivity index (χ0) is 13.5. The standard InChI is InChI=1S/C14H18Cl2N2S/c15-12-5-4-11(9-13(12)16)10-17-6-2-7-18-14-3-1-8-19-14/h1,4-5,8-9,14,17-18H,2-3,6-7,10H2. The van der Waals surface area contributed by atoms with E-state index < -0.39 is 0 Å². The van der Waals surface area contributed by atoms with Crippen molar-refractivity contribution in [1.29, 1.82) is 0 Å². The Labute approximate surface area is 128 Å². The second-order valence-electron chi connectivity index (χ2n) is 4.47. The first-order chi connectivity index (χ1) is 9.25. The molecule has 0 saturated heterocycles. The van der Waals surface area contributed by atoms with Crippen LogP contribution >= 0.6 is 35.0 Å². The number of rotatable bonds is 7. The largest absolute Gasteiger partial charge is 0.313 e. The van der Waals surface area contributed by atoms with Crippen molar-refractivity contribution in [3.05, 3.63) is 45.3 Å². The van der Waals surface area contributed by atoms with E-state index in [4.69, 9.17) is 23.2 Å². The van der Waals surface area contributed by atoms with Crippen molar-refractivity contribution in [2.75, 3.05) is 13.1 Å². The fourth-order valence-electron chi connectivity index (χ4n) is 1.88. The molecule has 1 aliphatic heterocycles. The highest BCUT2D eigenvalue weighted by molar-refractivity contribution is 8.02. The van der Waals surface area contributed by atoms with Crippen molar-refractivity contribution in [2.24, 2.45) is 0 Å². The number of halogens is 2. The lowest BCUT2D eigenvalue weighted by atomic mass is 10.2. The maximum Gasteiger partial charge on any atom is 0.0608 e. The molecular formula is C14H18Cl2N2S. The van der Waals surface area contributed by atoms with Crippen LogP contribution in [0.25, 0.3) is 0 Å². The van der Waals surface area contributed by atoms with Crippen LogP contribution in [0.1, 0.15) is 18.4 Å². The maximum atomic E-state index is 5.97. The van der Waals surface area contributed by atoms with Gasteiger partial charge in [0.1, 0.15) is 0 Å². The fourth-order valence-corrected chi connectivity index (χ4v) is 3.04. The molecule has 0 spiro atoms. The molecule has 0 saturated carbocycles. The second kappa shape index (κ2) is 8.18. The van der Waals surface area contributed by atoms with Gasteiger partial charge >= 0.3 is 0 Å². The summed E-state index contributed by atoms with van der Waals surface area (Å²) in [6.45, 7) is 2.88. The molecule has 19 heavy (non-hydrogen) atoms. The van der Waals surface area contributed by atoms with Crippen LogP contribution in [0.15, 0.2) is 29.7 Å². The molecule has 2 rings (SSSR count). The smallest absolute Gasteiger partial charge is 0.0608 e. The zero-order valence-electron chi connectivity index (χ0n) is 10.7. The highest BCUT2D eigenvalue weighted by Gasteiger charge is 2.08. The van der Waals surface area contributed by atoms with Crippen LogP contribution < -0.4 is 10.6 Å². The lowest BCUT2D eigenvalue weighted by molar-refractivity contribution is 0.584. The predicted octanol–water partition coefficient (Wildman–Crippen LogP) is 4.04.